The average molecular weight is 143 g/mol. The fourth-order valence-corrected chi connectivity index (χ4v) is 0.598. The first kappa shape index (κ1) is 2.08. The Hall–Kier alpha value is -0.820. The second kappa shape index (κ2) is 3.37. The van der Waals surface area contributed by atoms with E-state index in [2.05, 4.69) is 0 Å². The van der Waals surface area contributed by atoms with Crippen LogP contribution in [0.4, 0.5) is 0 Å². The van der Waals surface area contributed by atoms with Crippen LogP contribution >= 0.6 is 0 Å². The van der Waals surface area contributed by atoms with Crippen molar-refractivity contribution in [3.63, 3.8) is 0 Å². The number of hydrogen-bond donors (Lipinski definition) is 1. The van der Waals surface area contributed by atoms with Gasteiger partial charge in [-0.2, -0.15) is 0 Å². The molecule has 0 aliphatic rings. The van der Waals surface area contributed by atoms with Crippen LogP contribution in [0.3, 0.4) is 0 Å². The van der Waals surface area contributed by atoms with Gasteiger partial charge in [-0.15, -0.1) is 0 Å². The van der Waals surface area contributed by atoms with Crippen molar-refractivity contribution in [3.05, 3.63) is 35.8 Å². The normalized spacial score (nSPS) is 25.7. The summed E-state index contributed by atoms with van der Waals surface area (Å²) < 4.78 is 58.9. The highest BCUT2D eigenvalue weighted by Crippen LogP contribution is 2.00. The van der Waals surface area contributed by atoms with Crippen molar-refractivity contribution in [2.75, 3.05) is 0 Å². The summed E-state index contributed by atoms with van der Waals surface area (Å²) in [6.07, 6.45) is -0.286. The number of rotatable bonds is 2. The van der Waals surface area contributed by atoms with Gasteiger partial charge in [-0.05, 0) is 18.8 Å². The summed E-state index contributed by atoms with van der Waals surface area (Å²) in [5.41, 5.74) is 5.40. The van der Waals surface area contributed by atoms with Gasteiger partial charge in [0.25, 0.3) is 0 Å². The summed E-state index contributed by atoms with van der Waals surface area (Å²) in [4.78, 5) is 0. The average Bonchev–Trinajstić information content (AvgIpc) is 2.28. The van der Waals surface area contributed by atoms with Crippen molar-refractivity contribution < 1.29 is 11.0 Å². The summed E-state index contributed by atoms with van der Waals surface area (Å²) >= 11 is 0. The van der Waals surface area contributed by atoms with E-state index in [1.165, 1.54) is 0 Å². The monoisotopic (exact) mass is 143 g/mol. The third-order valence-electron chi connectivity index (χ3n) is 0.976. The van der Waals surface area contributed by atoms with E-state index in [9.17, 15) is 0 Å². The van der Waals surface area contributed by atoms with Crippen molar-refractivity contribution >= 4 is 0 Å². The van der Waals surface area contributed by atoms with Crippen molar-refractivity contribution in [1.29, 1.82) is 0 Å². The van der Waals surface area contributed by atoms with Crippen molar-refractivity contribution in [3.8, 4) is 0 Å². The molecule has 10 heavy (non-hydrogen) atoms. The smallest absolute Gasteiger partial charge is 0.0626 e. The molecule has 1 aromatic rings. The van der Waals surface area contributed by atoms with Gasteiger partial charge in [0, 0.05) is 10.2 Å². The van der Waals surface area contributed by atoms with Crippen LogP contribution in [0, 0.1) is 0 Å². The van der Waals surface area contributed by atoms with E-state index >= 15 is 0 Å². The Morgan fingerprint density at radius 1 is 1.60 bits per heavy atom. The Balaban J connectivity index is 3.26. The summed E-state index contributed by atoms with van der Waals surface area (Å²) in [5, 5.41) is 0. The zero-order chi connectivity index (χ0) is 14.2. The van der Waals surface area contributed by atoms with Gasteiger partial charge >= 0.3 is 0 Å². The van der Waals surface area contributed by atoms with Gasteiger partial charge in [-0.3, -0.25) is 0 Å². The van der Waals surface area contributed by atoms with Gasteiger partial charge in [0.1, 0.15) is 0 Å². The van der Waals surface area contributed by atoms with Gasteiger partial charge in [0.2, 0.25) is 0 Å². The maximum absolute atomic E-state index is 7.62. The van der Waals surface area contributed by atoms with Crippen LogP contribution in [0.1, 0.15) is 23.4 Å². The molecule has 0 aliphatic carbocycles. The maximum atomic E-state index is 7.62. The van der Waals surface area contributed by atoms with E-state index in [-0.39, 0.29) is 12.0 Å². The predicted molar refractivity (Wildman–Crippen MR) is 43.8 cm³/mol. The molecule has 0 spiro atoms. The lowest BCUT2D eigenvalue weighted by atomic mass is 10.1. The van der Waals surface area contributed by atoms with Crippen LogP contribution in [0.2, 0.25) is 0 Å². The minimum atomic E-state index is -2.43. The summed E-state index contributed by atoms with van der Waals surface area (Å²) in [7, 11) is 0. The summed E-state index contributed by atoms with van der Waals surface area (Å²) in [6.45, 7) is -2.43. The predicted octanol–water partition coefficient (Wildman–Crippen LogP) is 1.58. The molecule has 1 heteroatoms. The second-order valence-corrected chi connectivity index (χ2v) is 1.91. The zero-order valence-corrected chi connectivity index (χ0v) is 5.36. The van der Waals surface area contributed by atoms with Gasteiger partial charge in [-0.1, -0.05) is 30.2 Å². The highest BCUT2D eigenvalue weighted by atomic mass is 14.6. The van der Waals surface area contributed by atoms with E-state index in [0.717, 1.165) is 0 Å². The molecule has 0 bridgehead atoms. The second-order valence-electron chi connectivity index (χ2n) is 1.91. The molecule has 0 aliphatic heterocycles. The Labute approximate surface area is 73.1 Å². The molecule has 0 heterocycles. The standard InChI is InChI=1S/C9H13N/c1-8(10)7-9-5-3-2-4-6-9/h2-6,8H,7,10H2,1H3/i1D3,2D,3D,4D,5D,6D. The molecule has 0 radical (unpaired) electrons. The van der Waals surface area contributed by atoms with E-state index in [0.29, 0.717) is 0 Å². The van der Waals surface area contributed by atoms with Crippen LogP contribution < -0.4 is 5.73 Å². The third kappa shape index (κ3) is 2.19. The van der Waals surface area contributed by atoms with E-state index in [1.54, 1.807) is 0 Å². The van der Waals surface area contributed by atoms with E-state index in [1.807, 2.05) is 0 Å². The largest absolute Gasteiger partial charge is 0.328 e. The SMILES string of the molecule is [2H]c1c([2H])c([2H])c(CC(N)C([2H])([2H])[2H])c([2H])c1[2H]. The Bertz CT molecular complexity index is 438. The molecule has 1 atom stereocenters. The third-order valence-corrected chi connectivity index (χ3v) is 0.976. The van der Waals surface area contributed by atoms with Crippen molar-refractivity contribution in [2.24, 2.45) is 5.73 Å². The molecule has 0 saturated heterocycles. The molecule has 0 aromatic heterocycles. The molecule has 1 nitrogen and oxygen atoms in total. The molecule has 2 N–H and O–H groups in total. The fraction of sp³-hybridized carbons (Fsp3) is 0.333. The lowest BCUT2D eigenvalue weighted by Crippen LogP contribution is -2.17. The molecule has 0 fully saturated rings. The van der Waals surface area contributed by atoms with Crippen LogP contribution in [0.5, 0.6) is 0 Å². The Morgan fingerprint density at radius 2 is 2.30 bits per heavy atom. The highest BCUT2D eigenvalue weighted by molar-refractivity contribution is 5.15. The van der Waals surface area contributed by atoms with Crippen LogP contribution in [0.25, 0.3) is 0 Å². The minimum Gasteiger partial charge on any atom is -0.328 e. The molecule has 1 unspecified atom stereocenters. The molecule has 0 amide bonds. The summed E-state index contributed by atoms with van der Waals surface area (Å²) in [6, 6.07) is -3.54. The minimum absolute atomic E-state index is 0.0652. The maximum Gasteiger partial charge on any atom is 0.0626 e. The lowest BCUT2D eigenvalue weighted by molar-refractivity contribution is 0.738. The van der Waals surface area contributed by atoms with E-state index < -0.39 is 43.1 Å². The van der Waals surface area contributed by atoms with Crippen molar-refractivity contribution in [2.45, 2.75) is 19.3 Å². The first-order valence-electron chi connectivity index (χ1n) is 6.88. The van der Waals surface area contributed by atoms with Gasteiger partial charge in [-0.25, -0.2) is 0 Å². The molecule has 1 aromatic carbocycles. The fourth-order valence-electron chi connectivity index (χ4n) is 0.598. The number of nitrogens with two attached hydrogens (primary N) is 1. The lowest BCUT2D eigenvalue weighted by Gasteiger charge is -2.02. The quantitative estimate of drug-likeness (QED) is 0.668. The van der Waals surface area contributed by atoms with Crippen LogP contribution in [-0.2, 0) is 6.42 Å². The number of benzene rings is 1. The molecule has 1 rings (SSSR count). The highest BCUT2D eigenvalue weighted by Gasteiger charge is 1.94. The first-order chi connectivity index (χ1) is 8.07. The van der Waals surface area contributed by atoms with Crippen molar-refractivity contribution in [1.82, 2.24) is 0 Å². The molecular formula is C9H13N. The first-order valence-corrected chi connectivity index (χ1v) is 2.88. The van der Waals surface area contributed by atoms with Gasteiger partial charge < -0.3 is 5.73 Å². The van der Waals surface area contributed by atoms with Gasteiger partial charge in [0.15, 0.2) is 0 Å². The molecule has 0 saturated carbocycles. The Morgan fingerprint density at radius 3 is 2.90 bits per heavy atom. The van der Waals surface area contributed by atoms with Crippen LogP contribution in [-0.4, -0.2) is 6.04 Å². The Kier molecular flexibility index (Phi) is 0.702. The number of hydrogen-bond acceptors (Lipinski definition) is 1. The topological polar surface area (TPSA) is 26.0 Å². The van der Waals surface area contributed by atoms with E-state index in [4.69, 9.17) is 16.7 Å². The summed E-state index contributed by atoms with van der Waals surface area (Å²) in [5.74, 6) is 0. The zero-order valence-electron chi connectivity index (χ0n) is 13.4. The van der Waals surface area contributed by atoms with Gasteiger partial charge in [0.05, 0.1) is 6.85 Å². The molecule has 54 valence electrons. The van der Waals surface area contributed by atoms with Crippen LogP contribution in [0.15, 0.2) is 30.2 Å². The molecular weight excluding hydrogens is 122 g/mol.